The number of hydrogen-bond acceptors (Lipinski definition) is 9. The molecule has 0 unspecified atom stereocenters. The van der Waals surface area contributed by atoms with Gasteiger partial charge in [-0.15, -0.1) is 0 Å². The molecule has 1 saturated heterocycles. The third kappa shape index (κ3) is 17.9. The van der Waals surface area contributed by atoms with Crippen molar-refractivity contribution in [1.29, 1.82) is 0 Å². The van der Waals surface area contributed by atoms with Gasteiger partial charge in [0.15, 0.2) is 0 Å². The van der Waals surface area contributed by atoms with E-state index in [-0.39, 0.29) is 43.9 Å². The van der Waals surface area contributed by atoms with E-state index < -0.39 is 17.9 Å². The summed E-state index contributed by atoms with van der Waals surface area (Å²) >= 11 is 0. The standard InChI is InChI=1S/C28H52N6O8/c1-4-29-28(42)23(17-22(2)3)7-5-6-8-30-24(35)18-31-9-11-32(19-25(36)37)13-15-34(21-27(40)41)16-14-33(12-10-31)20-26(38)39/h22-23H,4-21H2,1-3H3,(H,29,42)(H,30,35)(H,36,37)(H,38,39)(H,40,41)/t23-/m1/s1. The van der Waals surface area contributed by atoms with Crippen molar-refractivity contribution in [2.45, 2.75) is 46.5 Å². The maximum absolute atomic E-state index is 12.8. The zero-order chi connectivity index (χ0) is 31.5. The van der Waals surface area contributed by atoms with Gasteiger partial charge < -0.3 is 26.0 Å². The number of nitrogens with one attached hydrogen (secondary N) is 2. The van der Waals surface area contributed by atoms with Gasteiger partial charge in [0.05, 0.1) is 26.2 Å². The van der Waals surface area contributed by atoms with E-state index in [4.69, 9.17) is 0 Å². The van der Waals surface area contributed by atoms with Crippen molar-refractivity contribution in [3.05, 3.63) is 0 Å². The van der Waals surface area contributed by atoms with E-state index in [1.54, 1.807) is 14.7 Å². The Morgan fingerprint density at radius 1 is 0.643 bits per heavy atom. The van der Waals surface area contributed by atoms with Crippen LogP contribution in [0.15, 0.2) is 0 Å². The van der Waals surface area contributed by atoms with Crippen molar-refractivity contribution < 1.29 is 39.3 Å². The third-order valence-corrected chi connectivity index (χ3v) is 7.15. The molecule has 14 nitrogen and oxygen atoms in total. The van der Waals surface area contributed by atoms with E-state index in [0.29, 0.717) is 71.4 Å². The minimum absolute atomic E-state index is 0.0401. The molecule has 0 bridgehead atoms. The molecule has 1 aliphatic heterocycles. The van der Waals surface area contributed by atoms with E-state index in [2.05, 4.69) is 24.5 Å². The lowest BCUT2D eigenvalue weighted by Gasteiger charge is -2.32. The molecule has 1 rings (SSSR count). The molecule has 1 fully saturated rings. The maximum Gasteiger partial charge on any atom is 0.317 e. The second-order valence-electron chi connectivity index (χ2n) is 11.4. The molecule has 0 aliphatic carbocycles. The summed E-state index contributed by atoms with van der Waals surface area (Å²) in [5.74, 6) is -2.72. The number of amides is 2. The Hall–Kier alpha value is -2.81. The minimum atomic E-state index is -1.01. The Morgan fingerprint density at radius 3 is 1.40 bits per heavy atom. The van der Waals surface area contributed by atoms with Gasteiger partial charge in [-0.05, 0) is 32.1 Å². The second-order valence-corrected chi connectivity index (χ2v) is 11.4. The van der Waals surface area contributed by atoms with E-state index in [1.165, 1.54) is 0 Å². The first-order chi connectivity index (χ1) is 19.9. The van der Waals surface area contributed by atoms with Gasteiger partial charge in [0.2, 0.25) is 11.8 Å². The molecule has 1 aliphatic rings. The molecule has 0 spiro atoms. The van der Waals surface area contributed by atoms with Crippen molar-refractivity contribution in [3.8, 4) is 0 Å². The van der Waals surface area contributed by atoms with Gasteiger partial charge in [-0.1, -0.05) is 20.3 Å². The van der Waals surface area contributed by atoms with E-state index in [0.717, 1.165) is 25.7 Å². The smallest absolute Gasteiger partial charge is 0.317 e. The number of hydrogen-bond donors (Lipinski definition) is 5. The van der Waals surface area contributed by atoms with Crippen LogP contribution in [0.3, 0.4) is 0 Å². The topological polar surface area (TPSA) is 183 Å². The molecule has 14 heteroatoms. The van der Waals surface area contributed by atoms with Crippen molar-refractivity contribution in [1.82, 2.24) is 30.2 Å². The van der Waals surface area contributed by atoms with Gasteiger partial charge in [-0.3, -0.25) is 43.6 Å². The molecule has 0 aromatic carbocycles. The monoisotopic (exact) mass is 600 g/mol. The normalized spacial score (nSPS) is 17.6. The summed E-state index contributed by atoms with van der Waals surface area (Å²) in [6, 6.07) is 0. The highest BCUT2D eigenvalue weighted by Gasteiger charge is 2.22. The molecule has 0 aromatic rings. The van der Waals surface area contributed by atoms with Crippen LogP contribution in [0.4, 0.5) is 0 Å². The van der Waals surface area contributed by atoms with Crippen LogP contribution in [0.5, 0.6) is 0 Å². The van der Waals surface area contributed by atoms with E-state index >= 15 is 0 Å². The number of aliphatic carboxylic acids is 3. The lowest BCUT2D eigenvalue weighted by molar-refractivity contribution is -0.140. The highest BCUT2D eigenvalue weighted by atomic mass is 16.4. The molecule has 0 radical (unpaired) electrons. The van der Waals surface area contributed by atoms with Crippen molar-refractivity contribution in [3.63, 3.8) is 0 Å². The summed E-state index contributed by atoms with van der Waals surface area (Å²) in [7, 11) is 0. The number of carbonyl (C=O) groups excluding carboxylic acids is 2. The van der Waals surface area contributed by atoms with Crippen LogP contribution in [-0.4, -0.2) is 156 Å². The number of carbonyl (C=O) groups is 5. The summed E-state index contributed by atoms with van der Waals surface area (Å²) in [5, 5.41) is 33.8. The summed E-state index contributed by atoms with van der Waals surface area (Å²) < 4.78 is 0. The van der Waals surface area contributed by atoms with Crippen LogP contribution in [0.2, 0.25) is 0 Å². The Balaban J connectivity index is 2.74. The fraction of sp³-hybridized carbons (Fsp3) is 0.821. The fourth-order valence-corrected chi connectivity index (χ4v) is 5.03. The first-order valence-electron chi connectivity index (χ1n) is 15.0. The number of nitrogens with zero attached hydrogens (tertiary/aromatic N) is 4. The number of rotatable bonds is 17. The summed E-state index contributed by atoms with van der Waals surface area (Å²) in [4.78, 5) is 66.3. The van der Waals surface area contributed by atoms with Gasteiger partial charge in [-0.2, -0.15) is 0 Å². The summed E-state index contributed by atoms with van der Waals surface area (Å²) in [5.41, 5.74) is 0. The average Bonchev–Trinajstić information content (AvgIpc) is 2.88. The molecule has 42 heavy (non-hydrogen) atoms. The lowest BCUT2D eigenvalue weighted by atomic mass is 9.91. The molecule has 242 valence electrons. The Labute approximate surface area is 249 Å². The van der Waals surface area contributed by atoms with Crippen LogP contribution in [-0.2, 0) is 24.0 Å². The van der Waals surface area contributed by atoms with Crippen LogP contribution < -0.4 is 10.6 Å². The average molecular weight is 601 g/mol. The van der Waals surface area contributed by atoms with Gasteiger partial charge in [-0.25, -0.2) is 0 Å². The Kier molecular flexibility index (Phi) is 18.6. The maximum atomic E-state index is 12.8. The molecule has 2 amide bonds. The van der Waals surface area contributed by atoms with Gasteiger partial charge in [0.1, 0.15) is 0 Å². The number of carboxylic acids is 3. The van der Waals surface area contributed by atoms with Crippen molar-refractivity contribution >= 4 is 29.7 Å². The molecule has 0 aromatic heterocycles. The van der Waals surface area contributed by atoms with Gasteiger partial charge in [0.25, 0.3) is 0 Å². The molecule has 5 N–H and O–H groups in total. The SMILES string of the molecule is CCNC(=O)[C@H](CCCCNC(=O)CN1CCN(CC(=O)O)CCN(CC(=O)O)CCN(CC(=O)O)CC1)CC(C)C. The number of unbranched alkanes of at least 4 members (excludes halogenated alkanes) is 1. The predicted molar refractivity (Wildman–Crippen MR) is 157 cm³/mol. The number of carboxylic acid groups (broad SMARTS) is 3. The van der Waals surface area contributed by atoms with E-state index in [1.807, 2.05) is 11.8 Å². The lowest BCUT2D eigenvalue weighted by Crippen LogP contribution is -2.49. The third-order valence-electron chi connectivity index (χ3n) is 7.15. The molecule has 0 saturated carbocycles. The first-order valence-corrected chi connectivity index (χ1v) is 15.0. The van der Waals surface area contributed by atoms with E-state index in [9.17, 15) is 39.3 Å². The van der Waals surface area contributed by atoms with Crippen LogP contribution in [0.25, 0.3) is 0 Å². The quantitative estimate of drug-likeness (QED) is 0.136. The van der Waals surface area contributed by atoms with Crippen LogP contribution in [0.1, 0.15) is 46.5 Å². The second kappa shape index (κ2) is 21.0. The van der Waals surface area contributed by atoms with Gasteiger partial charge >= 0.3 is 17.9 Å². The minimum Gasteiger partial charge on any atom is -0.480 e. The molecular formula is C28H52N6O8. The zero-order valence-electron chi connectivity index (χ0n) is 25.6. The predicted octanol–water partition coefficient (Wildman–Crippen LogP) is -0.453. The van der Waals surface area contributed by atoms with Gasteiger partial charge in [0, 0.05) is 71.4 Å². The summed E-state index contributed by atoms with van der Waals surface area (Å²) in [6.07, 6.45) is 3.13. The highest BCUT2D eigenvalue weighted by molar-refractivity contribution is 5.78. The fourth-order valence-electron chi connectivity index (χ4n) is 5.03. The zero-order valence-corrected chi connectivity index (χ0v) is 25.6. The van der Waals surface area contributed by atoms with Crippen LogP contribution in [0, 0.1) is 11.8 Å². The van der Waals surface area contributed by atoms with Crippen molar-refractivity contribution in [2.75, 3.05) is 91.6 Å². The van der Waals surface area contributed by atoms with Crippen molar-refractivity contribution in [2.24, 2.45) is 11.8 Å². The Bertz CT molecular complexity index is 826. The largest absolute Gasteiger partial charge is 0.480 e. The summed E-state index contributed by atoms with van der Waals surface area (Å²) in [6.45, 7) is 9.41. The molecular weight excluding hydrogens is 548 g/mol. The Morgan fingerprint density at radius 2 is 1.05 bits per heavy atom. The molecule has 1 heterocycles. The first kappa shape index (κ1) is 37.2. The highest BCUT2D eigenvalue weighted by Crippen LogP contribution is 2.18. The molecule has 1 atom stereocenters. The van der Waals surface area contributed by atoms with Crippen LogP contribution >= 0.6 is 0 Å².